The summed E-state index contributed by atoms with van der Waals surface area (Å²) in [6, 6.07) is -3.02. The lowest BCUT2D eigenvalue weighted by atomic mass is 9.94. The molecule has 5 atom stereocenters. The Labute approximate surface area is 405 Å². The molecule has 0 aromatic rings. The lowest BCUT2D eigenvalue weighted by Crippen LogP contribution is -2.42. The van der Waals surface area contributed by atoms with Gasteiger partial charge in [-0.2, -0.15) is 0 Å². The third-order valence-electron chi connectivity index (χ3n) is 12.0. The van der Waals surface area contributed by atoms with Gasteiger partial charge in [-0.05, 0) is 64.3 Å². The van der Waals surface area contributed by atoms with E-state index in [0.717, 1.165) is 57.8 Å². The Kier molecular flexibility index (Phi) is 36.3. The highest BCUT2D eigenvalue weighted by atomic mass is 16.4. The minimum Gasteiger partial charge on any atom is -0.481 e. The summed E-state index contributed by atoms with van der Waals surface area (Å²) < 4.78 is 0. The Bertz CT molecular complexity index is 1620. The first-order valence-electron chi connectivity index (χ1n) is 24.8. The maximum Gasteiger partial charge on any atom is 0.326 e. The normalized spacial score (nSPS) is 13.2. The van der Waals surface area contributed by atoms with Gasteiger partial charge in [0.1, 0.15) is 23.7 Å². The van der Waals surface area contributed by atoms with Crippen LogP contribution in [0, 0.1) is 17.8 Å². The fourth-order valence-electron chi connectivity index (χ4n) is 7.80. The molecular formula is C48H81N5O16. The molecule has 0 bridgehead atoms. The van der Waals surface area contributed by atoms with Gasteiger partial charge in [0.05, 0.1) is 11.8 Å². The highest BCUT2D eigenvalue weighted by Crippen LogP contribution is 2.19. The molecule has 0 heterocycles. The second-order valence-electron chi connectivity index (χ2n) is 18.0. The van der Waals surface area contributed by atoms with E-state index in [1.165, 1.54) is 25.7 Å². The number of carboxylic acid groups (broad SMARTS) is 5. The molecule has 21 heteroatoms. The number of Topliss-reactive ketones (excluding diaryl/α,β-unsaturated/α-hetero) is 2. The molecule has 0 saturated heterocycles. The van der Waals surface area contributed by atoms with E-state index in [1.54, 1.807) is 0 Å². The maximum absolute atomic E-state index is 12.7. The standard InChI is InChI=1S/C48H81N5O16/c49-29-28-33(44(50)61)17-15-16-30-51-40(56)27-24-39(48(68)69)53-42(58)26-21-35(46(64)65)32-37(55)22-23-38(47(66)67)52-41(57)25-20-34(45(62)63)31-36(54)18-13-11-9-7-5-3-1-2-4-6-8-10-12-14-19-43(59)60/h33-35,38-39H,1-32,49H2,(H2,50,61)(H,51,56)(H,52,57)(H,53,58)(H,59,60)(H,62,63)(H,64,65)(H,66,67)(H,68,69)/t33-,34-,35-,38+,39+/m1/s1. The summed E-state index contributed by atoms with van der Waals surface area (Å²) in [4.78, 5) is 132. The second-order valence-corrected chi connectivity index (χ2v) is 18.0. The van der Waals surface area contributed by atoms with Gasteiger partial charge in [-0.1, -0.05) is 83.5 Å². The van der Waals surface area contributed by atoms with Gasteiger partial charge in [-0.25, -0.2) is 9.59 Å². The van der Waals surface area contributed by atoms with Crippen molar-refractivity contribution in [3.05, 3.63) is 0 Å². The number of rotatable bonds is 47. The first-order chi connectivity index (χ1) is 32.8. The average molecular weight is 984 g/mol. The number of carboxylic acids is 5. The highest BCUT2D eigenvalue weighted by molar-refractivity contribution is 5.88. The number of carbonyl (C=O) groups is 11. The van der Waals surface area contributed by atoms with E-state index in [-0.39, 0.29) is 63.2 Å². The largest absolute Gasteiger partial charge is 0.481 e. The number of primary amides is 1. The van der Waals surface area contributed by atoms with Crippen molar-refractivity contribution in [1.29, 1.82) is 0 Å². The molecule has 69 heavy (non-hydrogen) atoms. The van der Waals surface area contributed by atoms with Gasteiger partial charge in [0.15, 0.2) is 0 Å². The minimum absolute atomic E-state index is 0.215. The Morgan fingerprint density at radius 1 is 0.377 bits per heavy atom. The van der Waals surface area contributed by atoms with Crippen LogP contribution in [0.4, 0.5) is 0 Å². The van der Waals surface area contributed by atoms with E-state index < -0.39 is 115 Å². The molecule has 0 aliphatic heterocycles. The van der Waals surface area contributed by atoms with Gasteiger partial charge in [-0.15, -0.1) is 0 Å². The van der Waals surface area contributed by atoms with E-state index in [1.807, 2.05) is 0 Å². The van der Waals surface area contributed by atoms with Gasteiger partial charge < -0.3 is 53.0 Å². The summed E-state index contributed by atoms with van der Waals surface area (Å²) in [5, 5.41) is 54.4. The fraction of sp³-hybridized carbons (Fsp3) is 0.771. The van der Waals surface area contributed by atoms with Crippen LogP contribution < -0.4 is 27.4 Å². The predicted octanol–water partition coefficient (Wildman–Crippen LogP) is 4.63. The minimum atomic E-state index is -1.56. The van der Waals surface area contributed by atoms with Gasteiger partial charge in [0.25, 0.3) is 0 Å². The summed E-state index contributed by atoms with van der Waals surface area (Å²) in [7, 11) is 0. The maximum atomic E-state index is 12.7. The van der Waals surface area contributed by atoms with Crippen molar-refractivity contribution in [1.82, 2.24) is 16.0 Å². The number of hydrogen-bond donors (Lipinski definition) is 10. The van der Waals surface area contributed by atoms with Gasteiger partial charge in [0, 0.05) is 63.8 Å². The molecule has 0 fully saturated rings. The van der Waals surface area contributed by atoms with Crippen molar-refractivity contribution in [2.45, 2.75) is 205 Å². The van der Waals surface area contributed by atoms with Crippen LogP contribution >= 0.6 is 0 Å². The monoisotopic (exact) mass is 984 g/mol. The van der Waals surface area contributed by atoms with Crippen LogP contribution in [0.2, 0.25) is 0 Å². The summed E-state index contributed by atoms with van der Waals surface area (Å²) in [5.41, 5.74) is 10.8. The van der Waals surface area contributed by atoms with Crippen LogP contribution in [0.5, 0.6) is 0 Å². The van der Waals surface area contributed by atoms with E-state index in [9.17, 15) is 73.2 Å². The number of hydrogen-bond acceptors (Lipinski definition) is 12. The number of nitrogens with one attached hydrogen (secondary N) is 3. The Hall–Kier alpha value is -5.47. The highest BCUT2D eigenvalue weighted by Gasteiger charge is 2.28. The molecule has 0 saturated carbocycles. The molecule has 0 aliphatic carbocycles. The smallest absolute Gasteiger partial charge is 0.326 e. The molecule has 12 N–H and O–H groups in total. The third-order valence-corrected chi connectivity index (χ3v) is 12.0. The van der Waals surface area contributed by atoms with Crippen LogP contribution in [-0.4, -0.2) is 116 Å². The molecule has 21 nitrogen and oxygen atoms in total. The Morgan fingerprint density at radius 2 is 0.768 bits per heavy atom. The van der Waals surface area contributed by atoms with Crippen molar-refractivity contribution in [2.75, 3.05) is 13.1 Å². The van der Waals surface area contributed by atoms with Gasteiger partial charge in [0.2, 0.25) is 23.6 Å². The molecule has 0 aliphatic rings. The second kappa shape index (κ2) is 39.4. The van der Waals surface area contributed by atoms with Crippen LogP contribution in [-0.2, 0) is 52.7 Å². The number of unbranched alkanes of at least 4 members (excludes halogenated alkanes) is 14. The molecule has 0 radical (unpaired) electrons. The third kappa shape index (κ3) is 35.3. The molecule has 0 unspecified atom stereocenters. The van der Waals surface area contributed by atoms with E-state index in [0.29, 0.717) is 38.6 Å². The topological polar surface area (TPSA) is 377 Å². The molecule has 4 amide bonds. The number of carbonyl (C=O) groups excluding carboxylic acids is 6. The van der Waals surface area contributed by atoms with Crippen molar-refractivity contribution >= 4 is 65.0 Å². The molecule has 0 rings (SSSR count). The van der Waals surface area contributed by atoms with E-state index >= 15 is 0 Å². The zero-order chi connectivity index (χ0) is 52.0. The SMILES string of the molecule is NCC[C@@H](CCCCNC(=O)CC[C@H](NC(=O)CC[C@H](CC(=O)CC[C@H](NC(=O)CC[C@H](CC(=O)CCCCCCCCCCCCCCCCC(=O)O)C(=O)O)C(=O)O)C(=O)O)C(=O)O)C(N)=O. The lowest BCUT2D eigenvalue weighted by Gasteiger charge is -2.17. The molecule has 0 aromatic heterocycles. The summed E-state index contributed by atoms with van der Waals surface area (Å²) >= 11 is 0. The lowest BCUT2D eigenvalue weighted by molar-refractivity contribution is -0.145. The van der Waals surface area contributed by atoms with Crippen LogP contribution in [0.15, 0.2) is 0 Å². The first kappa shape index (κ1) is 63.5. The molecule has 0 spiro atoms. The average Bonchev–Trinajstić information content (AvgIpc) is 3.27. The number of ketones is 2. The van der Waals surface area contributed by atoms with Crippen LogP contribution in [0.1, 0.15) is 193 Å². The number of aliphatic carboxylic acids is 5. The zero-order valence-electron chi connectivity index (χ0n) is 40.4. The summed E-state index contributed by atoms with van der Waals surface area (Å²) in [6.07, 6.45) is 13.2. The quantitative estimate of drug-likeness (QED) is 0.0372. The van der Waals surface area contributed by atoms with Crippen molar-refractivity contribution in [2.24, 2.45) is 29.2 Å². The van der Waals surface area contributed by atoms with Gasteiger partial charge >= 0.3 is 29.8 Å². The van der Waals surface area contributed by atoms with Crippen molar-refractivity contribution in [3.63, 3.8) is 0 Å². The first-order valence-corrected chi connectivity index (χ1v) is 24.8. The van der Waals surface area contributed by atoms with Crippen LogP contribution in [0.3, 0.4) is 0 Å². The van der Waals surface area contributed by atoms with Crippen molar-refractivity contribution in [3.8, 4) is 0 Å². The fourth-order valence-corrected chi connectivity index (χ4v) is 7.80. The molecule has 0 aromatic carbocycles. The number of amides is 4. The predicted molar refractivity (Wildman–Crippen MR) is 252 cm³/mol. The summed E-state index contributed by atoms with van der Waals surface area (Å²) in [5.74, 6) is -12.7. The van der Waals surface area contributed by atoms with E-state index in [4.69, 9.17) is 16.6 Å². The van der Waals surface area contributed by atoms with Gasteiger partial charge in [-0.3, -0.25) is 43.2 Å². The Balaban J connectivity index is 4.58. The van der Waals surface area contributed by atoms with Crippen molar-refractivity contribution < 1.29 is 78.3 Å². The zero-order valence-corrected chi connectivity index (χ0v) is 40.4. The van der Waals surface area contributed by atoms with E-state index in [2.05, 4.69) is 16.0 Å². The summed E-state index contributed by atoms with van der Waals surface area (Å²) in [6.45, 7) is 0.584. The molecule has 394 valence electrons. The molecular weight excluding hydrogens is 903 g/mol. The van der Waals surface area contributed by atoms with Crippen LogP contribution in [0.25, 0.3) is 0 Å². The Morgan fingerprint density at radius 3 is 1.16 bits per heavy atom. The number of nitrogens with two attached hydrogens (primary N) is 2.